The van der Waals surface area contributed by atoms with Gasteiger partial charge in [0.1, 0.15) is 11.3 Å². The quantitative estimate of drug-likeness (QED) is 0.466. The molecule has 1 N–H and O–H groups in total. The first-order chi connectivity index (χ1) is 17.1. The fourth-order valence-corrected chi connectivity index (χ4v) is 4.55. The van der Waals surface area contributed by atoms with Crippen LogP contribution in [0.4, 0.5) is 10.2 Å². The van der Waals surface area contributed by atoms with Gasteiger partial charge in [-0.15, -0.1) is 0 Å². The standard InChI is InChI=1S/C27H26FN5O2/c28-22-11-4-9-20(15-22)16-30-26(34)21-10-6-14-32(18-21)25-27(35)33(17-19-7-2-1-3-8-19)24-23(31-25)12-5-13-29-24/h1-5,7-9,11-13,15,21H,6,10,14,16-18H2,(H,30,34). The van der Waals surface area contributed by atoms with E-state index in [4.69, 9.17) is 0 Å². The van der Waals surface area contributed by atoms with E-state index in [-0.39, 0.29) is 29.7 Å². The second kappa shape index (κ2) is 10.0. The van der Waals surface area contributed by atoms with Gasteiger partial charge in [0.25, 0.3) is 5.56 Å². The number of nitrogens with zero attached hydrogens (tertiary/aromatic N) is 4. The Morgan fingerprint density at radius 2 is 1.89 bits per heavy atom. The SMILES string of the molecule is O=C(NCc1cccc(F)c1)C1CCCN(c2nc3cccnc3n(Cc3ccccc3)c2=O)C1. The van der Waals surface area contributed by atoms with Crippen molar-refractivity contribution in [2.24, 2.45) is 5.92 Å². The number of pyridine rings is 1. The van der Waals surface area contributed by atoms with Gasteiger partial charge in [0.15, 0.2) is 11.5 Å². The number of rotatable bonds is 6. The summed E-state index contributed by atoms with van der Waals surface area (Å²) >= 11 is 0. The van der Waals surface area contributed by atoms with Gasteiger partial charge < -0.3 is 10.2 Å². The molecular formula is C27H26FN5O2. The molecule has 1 fully saturated rings. The summed E-state index contributed by atoms with van der Waals surface area (Å²) in [5, 5.41) is 2.91. The van der Waals surface area contributed by atoms with Gasteiger partial charge in [0, 0.05) is 25.8 Å². The molecule has 1 unspecified atom stereocenters. The highest BCUT2D eigenvalue weighted by atomic mass is 19.1. The number of benzene rings is 2. The van der Waals surface area contributed by atoms with Crippen molar-refractivity contribution in [1.29, 1.82) is 0 Å². The number of fused-ring (bicyclic) bond motifs is 1. The lowest BCUT2D eigenvalue weighted by Crippen LogP contribution is -2.45. The van der Waals surface area contributed by atoms with Crippen LogP contribution in [0.25, 0.3) is 11.2 Å². The first kappa shape index (κ1) is 22.7. The molecule has 1 atom stereocenters. The predicted molar refractivity (Wildman–Crippen MR) is 133 cm³/mol. The number of aromatic nitrogens is 3. The minimum absolute atomic E-state index is 0.106. The van der Waals surface area contributed by atoms with Gasteiger partial charge in [0.05, 0.1) is 12.5 Å². The zero-order chi connectivity index (χ0) is 24.2. The Morgan fingerprint density at radius 3 is 2.71 bits per heavy atom. The molecule has 8 heteroatoms. The number of nitrogens with one attached hydrogen (secondary N) is 1. The van der Waals surface area contributed by atoms with E-state index >= 15 is 0 Å². The molecule has 0 radical (unpaired) electrons. The number of carbonyl (C=O) groups excluding carboxylic acids is 1. The van der Waals surface area contributed by atoms with Crippen LogP contribution in [0.1, 0.15) is 24.0 Å². The molecule has 0 bridgehead atoms. The smallest absolute Gasteiger partial charge is 0.295 e. The monoisotopic (exact) mass is 471 g/mol. The maximum atomic E-state index is 13.6. The zero-order valence-corrected chi connectivity index (χ0v) is 19.2. The summed E-state index contributed by atoms with van der Waals surface area (Å²) in [6.07, 6.45) is 3.15. The molecule has 0 aliphatic carbocycles. The third-order valence-corrected chi connectivity index (χ3v) is 6.32. The summed E-state index contributed by atoms with van der Waals surface area (Å²) in [4.78, 5) is 37.5. The Labute approximate surface area is 202 Å². The van der Waals surface area contributed by atoms with Crippen LogP contribution in [0.3, 0.4) is 0 Å². The molecule has 2 aromatic heterocycles. The van der Waals surface area contributed by atoms with Crippen molar-refractivity contribution in [2.45, 2.75) is 25.9 Å². The number of carbonyl (C=O) groups is 1. The summed E-state index contributed by atoms with van der Waals surface area (Å²) in [6.45, 7) is 1.69. The van der Waals surface area contributed by atoms with Gasteiger partial charge in [-0.1, -0.05) is 42.5 Å². The largest absolute Gasteiger partial charge is 0.352 e. The normalized spacial score (nSPS) is 15.8. The van der Waals surface area contributed by atoms with E-state index in [0.717, 1.165) is 18.4 Å². The minimum atomic E-state index is -0.329. The number of anilines is 1. The second-order valence-corrected chi connectivity index (χ2v) is 8.79. The summed E-state index contributed by atoms with van der Waals surface area (Å²) in [5.74, 6) is -0.384. The van der Waals surface area contributed by atoms with E-state index in [2.05, 4.69) is 15.3 Å². The topological polar surface area (TPSA) is 80.1 Å². The van der Waals surface area contributed by atoms with Gasteiger partial charge in [-0.3, -0.25) is 14.2 Å². The van der Waals surface area contributed by atoms with Gasteiger partial charge in [-0.25, -0.2) is 14.4 Å². The van der Waals surface area contributed by atoms with E-state index in [1.807, 2.05) is 41.3 Å². The van der Waals surface area contributed by atoms with E-state index in [0.29, 0.717) is 42.2 Å². The van der Waals surface area contributed by atoms with Crippen LogP contribution in [0.5, 0.6) is 0 Å². The first-order valence-corrected chi connectivity index (χ1v) is 11.7. The van der Waals surface area contributed by atoms with Crippen LogP contribution >= 0.6 is 0 Å². The molecule has 3 heterocycles. The van der Waals surface area contributed by atoms with Crippen LogP contribution in [0.2, 0.25) is 0 Å². The number of halogens is 1. The summed E-state index contributed by atoms with van der Waals surface area (Å²) in [7, 11) is 0. The van der Waals surface area contributed by atoms with Crippen molar-refractivity contribution >= 4 is 22.9 Å². The second-order valence-electron chi connectivity index (χ2n) is 8.79. The van der Waals surface area contributed by atoms with Gasteiger partial charge in [-0.2, -0.15) is 0 Å². The van der Waals surface area contributed by atoms with Crippen LogP contribution in [0.15, 0.2) is 77.7 Å². The van der Waals surface area contributed by atoms with E-state index in [1.165, 1.54) is 12.1 Å². The van der Waals surface area contributed by atoms with Crippen molar-refractivity contribution in [2.75, 3.05) is 18.0 Å². The molecular weight excluding hydrogens is 445 g/mol. The summed E-state index contributed by atoms with van der Waals surface area (Å²) in [6, 6.07) is 19.6. The molecule has 0 spiro atoms. The van der Waals surface area contributed by atoms with Crippen molar-refractivity contribution in [3.63, 3.8) is 0 Å². The van der Waals surface area contributed by atoms with Crippen molar-refractivity contribution in [3.8, 4) is 0 Å². The third kappa shape index (κ3) is 5.06. The van der Waals surface area contributed by atoms with Crippen molar-refractivity contribution < 1.29 is 9.18 Å². The molecule has 2 aromatic carbocycles. The lowest BCUT2D eigenvalue weighted by molar-refractivity contribution is -0.125. The van der Waals surface area contributed by atoms with Crippen molar-refractivity contribution in [1.82, 2.24) is 19.9 Å². The van der Waals surface area contributed by atoms with Gasteiger partial charge >= 0.3 is 0 Å². The average molecular weight is 472 g/mol. The van der Waals surface area contributed by atoms with E-state index < -0.39 is 0 Å². The first-order valence-electron chi connectivity index (χ1n) is 11.7. The number of hydrogen-bond donors (Lipinski definition) is 1. The lowest BCUT2D eigenvalue weighted by Gasteiger charge is -2.32. The van der Waals surface area contributed by atoms with E-state index in [1.54, 1.807) is 29.0 Å². The Kier molecular flexibility index (Phi) is 6.52. The Hall–Kier alpha value is -4.07. The maximum Gasteiger partial charge on any atom is 0.295 e. The lowest BCUT2D eigenvalue weighted by atomic mass is 9.97. The van der Waals surface area contributed by atoms with Crippen LogP contribution < -0.4 is 15.8 Å². The van der Waals surface area contributed by atoms with Crippen LogP contribution in [-0.2, 0) is 17.9 Å². The third-order valence-electron chi connectivity index (χ3n) is 6.32. The highest BCUT2D eigenvalue weighted by Crippen LogP contribution is 2.22. The molecule has 35 heavy (non-hydrogen) atoms. The number of hydrogen-bond acceptors (Lipinski definition) is 5. The molecule has 7 nitrogen and oxygen atoms in total. The number of piperidine rings is 1. The highest BCUT2D eigenvalue weighted by molar-refractivity contribution is 5.79. The average Bonchev–Trinajstić information content (AvgIpc) is 2.89. The Bertz CT molecular complexity index is 1410. The van der Waals surface area contributed by atoms with Gasteiger partial charge in [0.2, 0.25) is 5.91 Å². The Morgan fingerprint density at radius 1 is 1.06 bits per heavy atom. The van der Waals surface area contributed by atoms with Gasteiger partial charge in [-0.05, 0) is 48.2 Å². The zero-order valence-electron chi connectivity index (χ0n) is 19.2. The summed E-state index contributed by atoms with van der Waals surface area (Å²) < 4.78 is 15.1. The molecule has 0 saturated carbocycles. The number of amides is 1. The fraction of sp³-hybridized carbons (Fsp3) is 0.259. The minimum Gasteiger partial charge on any atom is -0.352 e. The fourth-order valence-electron chi connectivity index (χ4n) is 4.55. The molecule has 1 saturated heterocycles. The predicted octanol–water partition coefficient (Wildman–Crippen LogP) is 3.51. The molecule has 178 valence electrons. The summed E-state index contributed by atoms with van der Waals surface area (Å²) in [5.41, 5.74) is 2.65. The highest BCUT2D eigenvalue weighted by Gasteiger charge is 2.28. The molecule has 1 aliphatic heterocycles. The molecule has 1 aliphatic rings. The maximum absolute atomic E-state index is 13.6. The Balaban J connectivity index is 1.39. The van der Waals surface area contributed by atoms with Crippen LogP contribution in [-0.4, -0.2) is 33.5 Å². The van der Waals surface area contributed by atoms with Crippen LogP contribution in [0, 0.1) is 11.7 Å². The molecule has 4 aromatic rings. The van der Waals surface area contributed by atoms with Crippen molar-refractivity contribution in [3.05, 3.63) is 100 Å². The molecule has 1 amide bonds. The van der Waals surface area contributed by atoms with E-state index in [9.17, 15) is 14.0 Å². The molecule has 5 rings (SSSR count).